The number of rotatable bonds is 4. The predicted octanol–water partition coefficient (Wildman–Crippen LogP) is 3.24. The average Bonchev–Trinajstić information content (AvgIpc) is 2.38. The van der Waals surface area contributed by atoms with Gasteiger partial charge in [0.05, 0.1) is 16.1 Å². The van der Waals surface area contributed by atoms with Crippen molar-refractivity contribution in [2.75, 3.05) is 13.6 Å². The zero-order valence-corrected chi connectivity index (χ0v) is 12.7. The first-order valence-electron chi connectivity index (χ1n) is 6.52. The second-order valence-corrected chi connectivity index (χ2v) is 6.03. The van der Waals surface area contributed by atoms with Crippen LogP contribution in [0.25, 0.3) is 6.08 Å². The molecule has 1 N–H and O–H groups in total. The number of amides is 1. The third-order valence-corrected chi connectivity index (χ3v) is 4.22. The topological polar surface area (TPSA) is 40.5 Å². The highest BCUT2D eigenvalue weighted by atomic mass is 35.5. The van der Waals surface area contributed by atoms with Crippen molar-refractivity contribution < 1.29 is 9.90 Å². The van der Waals surface area contributed by atoms with Crippen LogP contribution in [-0.4, -0.2) is 35.6 Å². The molecule has 0 spiro atoms. The van der Waals surface area contributed by atoms with Crippen LogP contribution < -0.4 is 0 Å². The van der Waals surface area contributed by atoms with Gasteiger partial charge < -0.3 is 10.0 Å². The molecule has 2 rings (SSSR count). The summed E-state index contributed by atoms with van der Waals surface area (Å²) in [5.74, 6) is 0.356. The highest BCUT2D eigenvalue weighted by Gasteiger charge is 2.28. The van der Waals surface area contributed by atoms with E-state index in [0.717, 1.165) is 18.4 Å². The molecule has 0 aliphatic heterocycles. The Balaban J connectivity index is 1.89. The molecular formula is C15H17Cl2NO2. The Morgan fingerprint density at radius 3 is 2.70 bits per heavy atom. The van der Waals surface area contributed by atoms with Crippen LogP contribution in [0.4, 0.5) is 0 Å². The molecule has 0 atom stereocenters. The second kappa shape index (κ2) is 6.61. The van der Waals surface area contributed by atoms with Crippen LogP contribution in [0.3, 0.4) is 0 Å². The van der Waals surface area contributed by atoms with Gasteiger partial charge in [-0.05, 0) is 42.5 Å². The summed E-state index contributed by atoms with van der Waals surface area (Å²) in [5, 5.41) is 10.2. The Kier molecular flexibility index (Phi) is 5.08. The molecule has 0 unspecified atom stereocenters. The number of carbonyl (C=O) groups is 1. The maximum Gasteiger partial charge on any atom is 0.246 e. The zero-order valence-electron chi connectivity index (χ0n) is 11.2. The lowest BCUT2D eigenvalue weighted by atomic mass is 9.82. The van der Waals surface area contributed by atoms with Crippen molar-refractivity contribution >= 4 is 35.2 Å². The lowest BCUT2D eigenvalue weighted by Gasteiger charge is -2.34. The van der Waals surface area contributed by atoms with Gasteiger partial charge in [0.15, 0.2) is 0 Å². The SMILES string of the molecule is CN(CC1CC(O)C1)C(=O)C=Cc1ccc(Cl)c(Cl)c1. The summed E-state index contributed by atoms with van der Waals surface area (Å²) in [6, 6.07) is 5.23. The fourth-order valence-corrected chi connectivity index (χ4v) is 2.54. The van der Waals surface area contributed by atoms with E-state index in [4.69, 9.17) is 23.2 Å². The fourth-order valence-electron chi connectivity index (χ4n) is 2.24. The third kappa shape index (κ3) is 3.98. The molecule has 0 saturated heterocycles. The summed E-state index contributed by atoms with van der Waals surface area (Å²) < 4.78 is 0. The first-order valence-corrected chi connectivity index (χ1v) is 7.27. The number of benzene rings is 1. The zero-order chi connectivity index (χ0) is 14.7. The number of aliphatic hydroxyl groups excluding tert-OH is 1. The molecule has 1 amide bonds. The second-order valence-electron chi connectivity index (χ2n) is 5.22. The monoisotopic (exact) mass is 313 g/mol. The molecule has 108 valence electrons. The number of aliphatic hydroxyl groups is 1. The Labute approximate surface area is 128 Å². The number of likely N-dealkylation sites (N-methyl/N-ethyl adjacent to an activating group) is 1. The van der Waals surface area contributed by atoms with Crippen LogP contribution in [0, 0.1) is 5.92 Å². The highest BCUT2D eigenvalue weighted by molar-refractivity contribution is 6.42. The van der Waals surface area contributed by atoms with E-state index in [1.165, 1.54) is 6.08 Å². The summed E-state index contributed by atoms with van der Waals surface area (Å²) >= 11 is 11.7. The molecule has 0 radical (unpaired) electrons. The Morgan fingerprint density at radius 1 is 1.40 bits per heavy atom. The van der Waals surface area contributed by atoms with Gasteiger partial charge in [-0.3, -0.25) is 4.79 Å². The van der Waals surface area contributed by atoms with E-state index in [2.05, 4.69) is 0 Å². The van der Waals surface area contributed by atoms with E-state index >= 15 is 0 Å². The molecule has 0 bridgehead atoms. The molecule has 0 heterocycles. The van der Waals surface area contributed by atoms with Crippen LogP contribution in [-0.2, 0) is 4.79 Å². The van der Waals surface area contributed by atoms with E-state index < -0.39 is 0 Å². The molecule has 1 aliphatic rings. The van der Waals surface area contributed by atoms with Crippen molar-refractivity contribution in [2.24, 2.45) is 5.92 Å². The molecule has 1 fully saturated rings. The van der Waals surface area contributed by atoms with Gasteiger partial charge in [-0.25, -0.2) is 0 Å². The molecule has 3 nitrogen and oxygen atoms in total. The van der Waals surface area contributed by atoms with Crippen LogP contribution in [0.1, 0.15) is 18.4 Å². The van der Waals surface area contributed by atoms with Crippen LogP contribution in [0.15, 0.2) is 24.3 Å². The van der Waals surface area contributed by atoms with Gasteiger partial charge in [-0.15, -0.1) is 0 Å². The van der Waals surface area contributed by atoms with E-state index in [9.17, 15) is 9.90 Å². The summed E-state index contributed by atoms with van der Waals surface area (Å²) in [5.41, 5.74) is 0.834. The molecule has 1 aromatic rings. The summed E-state index contributed by atoms with van der Waals surface area (Å²) in [7, 11) is 1.77. The lowest BCUT2D eigenvalue weighted by molar-refractivity contribution is -0.126. The average molecular weight is 314 g/mol. The maximum atomic E-state index is 11.9. The van der Waals surface area contributed by atoms with Crippen LogP contribution in [0.5, 0.6) is 0 Å². The summed E-state index contributed by atoms with van der Waals surface area (Å²) in [4.78, 5) is 13.6. The summed E-state index contributed by atoms with van der Waals surface area (Å²) in [6.07, 6.45) is 4.63. The molecular weight excluding hydrogens is 297 g/mol. The van der Waals surface area contributed by atoms with E-state index in [0.29, 0.717) is 22.5 Å². The van der Waals surface area contributed by atoms with E-state index in [-0.39, 0.29) is 12.0 Å². The standard InChI is InChI=1S/C15H17Cl2NO2/c1-18(9-11-6-12(19)7-11)15(20)5-3-10-2-4-13(16)14(17)8-10/h2-5,8,11-12,19H,6-7,9H2,1H3. The van der Waals surface area contributed by atoms with Crippen molar-refractivity contribution in [3.63, 3.8) is 0 Å². The lowest BCUT2D eigenvalue weighted by Crippen LogP contribution is -2.38. The Hall–Kier alpha value is -1.03. The number of hydrogen-bond donors (Lipinski definition) is 1. The number of halogens is 2. The minimum atomic E-state index is -0.185. The first-order chi connectivity index (χ1) is 9.45. The van der Waals surface area contributed by atoms with Crippen molar-refractivity contribution in [3.05, 3.63) is 39.9 Å². The minimum absolute atomic E-state index is 0.0579. The van der Waals surface area contributed by atoms with Gasteiger partial charge in [-0.2, -0.15) is 0 Å². The Morgan fingerprint density at radius 2 is 2.10 bits per heavy atom. The third-order valence-electron chi connectivity index (χ3n) is 3.48. The van der Waals surface area contributed by atoms with Crippen LogP contribution >= 0.6 is 23.2 Å². The highest BCUT2D eigenvalue weighted by Crippen LogP contribution is 2.27. The smallest absolute Gasteiger partial charge is 0.246 e. The first kappa shape index (κ1) is 15.4. The molecule has 1 saturated carbocycles. The van der Waals surface area contributed by atoms with Crippen LogP contribution in [0.2, 0.25) is 10.0 Å². The molecule has 0 aromatic heterocycles. The molecule has 5 heteroatoms. The van der Waals surface area contributed by atoms with Gasteiger partial charge in [0.25, 0.3) is 0 Å². The van der Waals surface area contributed by atoms with Crippen molar-refractivity contribution in [3.8, 4) is 0 Å². The predicted molar refractivity (Wildman–Crippen MR) is 81.9 cm³/mol. The number of nitrogens with zero attached hydrogens (tertiary/aromatic N) is 1. The van der Waals surface area contributed by atoms with Gasteiger partial charge in [0.1, 0.15) is 0 Å². The largest absolute Gasteiger partial charge is 0.393 e. The number of hydrogen-bond acceptors (Lipinski definition) is 2. The quantitative estimate of drug-likeness (QED) is 0.867. The van der Waals surface area contributed by atoms with Crippen molar-refractivity contribution in [2.45, 2.75) is 18.9 Å². The van der Waals surface area contributed by atoms with Gasteiger partial charge in [0.2, 0.25) is 5.91 Å². The van der Waals surface area contributed by atoms with Crippen molar-refractivity contribution in [1.29, 1.82) is 0 Å². The van der Waals surface area contributed by atoms with Gasteiger partial charge in [-0.1, -0.05) is 29.3 Å². The van der Waals surface area contributed by atoms with Gasteiger partial charge >= 0.3 is 0 Å². The van der Waals surface area contributed by atoms with Crippen molar-refractivity contribution in [1.82, 2.24) is 4.90 Å². The fraction of sp³-hybridized carbons (Fsp3) is 0.400. The minimum Gasteiger partial charge on any atom is -0.393 e. The maximum absolute atomic E-state index is 11.9. The summed E-state index contributed by atoms with van der Waals surface area (Å²) in [6.45, 7) is 0.682. The van der Waals surface area contributed by atoms with E-state index in [1.54, 1.807) is 36.2 Å². The Bertz CT molecular complexity index is 525. The number of carbonyl (C=O) groups excluding carboxylic acids is 1. The molecule has 20 heavy (non-hydrogen) atoms. The van der Waals surface area contributed by atoms with Gasteiger partial charge in [0, 0.05) is 19.7 Å². The normalized spacial score (nSPS) is 21.8. The molecule has 1 aromatic carbocycles. The molecule has 1 aliphatic carbocycles. The van der Waals surface area contributed by atoms with E-state index in [1.807, 2.05) is 0 Å².